The maximum atomic E-state index is 12.6. The maximum absolute atomic E-state index is 12.6. The number of nitrogens with one attached hydrogen (secondary N) is 1. The lowest BCUT2D eigenvalue weighted by Gasteiger charge is -2.13. The average Bonchev–Trinajstić information content (AvgIpc) is 2.58. The van der Waals surface area contributed by atoms with E-state index in [0.29, 0.717) is 52.6 Å². The van der Waals surface area contributed by atoms with Gasteiger partial charge in [-0.1, -0.05) is 23.9 Å². The number of benzene rings is 2. The molecule has 4 nitrogen and oxygen atoms in total. The van der Waals surface area contributed by atoms with E-state index in [0.717, 1.165) is 0 Å². The lowest BCUT2D eigenvalue weighted by molar-refractivity contribution is 0.102. The van der Waals surface area contributed by atoms with E-state index in [-0.39, 0.29) is 0 Å². The van der Waals surface area contributed by atoms with Crippen molar-refractivity contribution in [3.05, 3.63) is 48.0 Å². The van der Waals surface area contributed by atoms with Crippen molar-refractivity contribution >= 4 is 23.4 Å². The minimum absolute atomic E-state index is 0.307. The first kappa shape index (κ1) is 19.1. The second kappa shape index (κ2) is 9.27. The number of carbonyl (C=O) groups is 1. The molecule has 0 bridgehead atoms. The van der Waals surface area contributed by atoms with Gasteiger partial charge in [-0.2, -0.15) is 8.78 Å². The molecule has 0 aromatic heterocycles. The smallest absolute Gasteiger partial charge is 0.288 e. The molecule has 2 rings (SSSR count). The SMILES string of the molecule is CCOc1ccc(C(=O)Nc2ccccc2SC(F)F)cc1OCC. The van der Waals surface area contributed by atoms with Crippen LogP contribution in [0.1, 0.15) is 24.2 Å². The van der Waals surface area contributed by atoms with Gasteiger partial charge in [0.05, 0.1) is 18.9 Å². The number of hydrogen-bond acceptors (Lipinski definition) is 4. The summed E-state index contributed by atoms with van der Waals surface area (Å²) < 4.78 is 36.2. The molecule has 1 amide bonds. The number of ether oxygens (including phenoxy) is 2. The van der Waals surface area contributed by atoms with Crippen molar-refractivity contribution in [3.63, 3.8) is 0 Å². The summed E-state index contributed by atoms with van der Waals surface area (Å²) in [6.45, 7) is 4.59. The highest BCUT2D eigenvalue weighted by atomic mass is 32.2. The van der Waals surface area contributed by atoms with E-state index in [9.17, 15) is 13.6 Å². The van der Waals surface area contributed by atoms with Crippen molar-refractivity contribution in [2.75, 3.05) is 18.5 Å². The third-order valence-corrected chi connectivity index (χ3v) is 3.95. The van der Waals surface area contributed by atoms with E-state index in [1.54, 1.807) is 36.4 Å². The van der Waals surface area contributed by atoms with Crippen LogP contribution in [-0.2, 0) is 0 Å². The molecule has 1 N–H and O–H groups in total. The first-order chi connectivity index (χ1) is 12.0. The monoisotopic (exact) mass is 367 g/mol. The van der Waals surface area contributed by atoms with E-state index in [1.165, 1.54) is 6.07 Å². The molecule has 0 saturated carbocycles. The van der Waals surface area contributed by atoms with Crippen LogP contribution in [0.4, 0.5) is 14.5 Å². The Morgan fingerprint density at radius 3 is 2.44 bits per heavy atom. The molecule has 0 radical (unpaired) electrons. The van der Waals surface area contributed by atoms with Gasteiger partial charge in [0, 0.05) is 10.5 Å². The fourth-order valence-electron chi connectivity index (χ4n) is 2.16. The Kier molecular flexibility index (Phi) is 7.06. The van der Waals surface area contributed by atoms with E-state index < -0.39 is 11.7 Å². The van der Waals surface area contributed by atoms with Crippen LogP contribution in [0.3, 0.4) is 0 Å². The first-order valence-corrected chi connectivity index (χ1v) is 8.68. The van der Waals surface area contributed by atoms with Gasteiger partial charge < -0.3 is 14.8 Å². The minimum Gasteiger partial charge on any atom is -0.490 e. The van der Waals surface area contributed by atoms with E-state index >= 15 is 0 Å². The number of alkyl halides is 2. The van der Waals surface area contributed by atoms with Gasteiger partial charge in [-0.3, -0.25) is 4.79 Å². The number of anilines is 1. The number of para-hydroxylation sites is 1. The molecule has 0 aliphatic heterocycles. The summed E-state index contributed by atoms with van der Waals surface area (Å²) in [7, 11) is 0. The lowest BCUT2D eigenvalue weighted by atomic mass is 10.2. The van der Waals surface area contributed by atoms with E-state index in [1.807, 2.05) is 13.8 Å². The zero-order valence-corrected chi connectivity index (χ0v) is 14.7. The Morgan fingerprint density at radius 2 is 1.76 bits per heavy atom. The Balaban J connectivity index is 2.22. The Bertz CT molecular complexity index is 725. The highest BCUT2D eigenvalue weighted by Crippen LogP contribution is 2.33. The summed E-state index contributed by atoms with van der Waals surface area (Å²) >= 11 is 0.390. The molecule has 0 heterocycles. The number of amides is 1. The average molecular weight is 367 g/mol. The van der Waals surface area contributed by atoms with Crippen molar-refractivity contribution in [2.45, 2.75) is 24.5 Å². The van der Waals surface area contributed by atoms with Crippen LogP contribution in [0, 0.1) is 0 Å². The van der Waals surface area contributed by atoms with Gasteiger partial charge in [-0.05, 0) is 44.2 Å². The highest BCUT2D eigenvalue weighted by molar-refractivity contribution is 7.99. The van der Waals surface area contributed by atoms with Crippen molar-refractivity contribution < 1.29 is 23.0 Å². The number of halogens is 2. The summed E-state index contributed by atoms with van der Waals surface area (Å²) in [6, 6.07) is 11.3. The second-order valence-corrected chi connectivity index (χ2v) is 5.89. The Labute approximate surface area is 149 Å². The molecule has 0 aliphatic carbocycles. The maximum Gasteiger partial charge on any atom is 0.288 e. The van der Waals surface area contributed by atoms with Crippen molar-refractivity contribution in [1.29, 1.82) is 0 Å². The molecule has 0 unspecified atom stereocenters. The fraction of sp³-hybridized carbons (Fsp3) is 0.278. The molecule has 0 aliphatic rings. The topological polar surface area (TPSA) is 47.6 Å². The normalized spacial score (nSPS) is 10.6. The van der Waals surface area contributed by atoms with E-state index in [2.05, 4.69) is 5.32 Å². The van der Waals surface area contributed by atoms with E-state index in [4.69, 9.17) is 9.47 Å². The Morgan fingerprint density at radius 1 is 1.08 bits per heavy atom. The quantitative estimate of drug-likeness (QED) is 0.663. The molecule has 2 aromatic carbocycles. The largest absolute Gasteiger partial charge is 0.490 e. The van der Waals surface area contributed by atoms with Gasteiger partial charge in [0.25, 0.3) is 11.7 Å². The summed E-state index contributed by atoms with van der Waals surface area (Å²) in [5.74, 6) is -1.96. The number of thioether (sulfide) groups is 1. The molecular weight excluding hydrogens is 348 g/mol. The van der Waals surface area contributed by atoms with Crippen LogP contribution in [0.15, 0.2) is 47.4 Å². The second-order valence-electron chi connectivity index (χ2n) is 4.86. The van der Waals surface area contributed by atoms with Gasteiger partial charge in [-0.15, -0.1) is 0 Å². The predicted octanol–water partition coefficient (Wildman–Crippen LogP) is 5.05. The molecule has 0 fully saturated rings. The molecule has 25 heavy (non-hydrogen) atoms. The summed E-state index contributed by atoms with van der Waals surface area (Å²) in [5, 5.41) is 2.66. The number of rotatable bonds is 8. The lowest BCUT2D eigenvalue weighted by Crippen LogP contribution is -2.13. The van der Waals surface area contributed by atoms with Crippen LogP contribution >= 0.6 is 11.8 Å². The zero-order valence-electron chi connectivity index (χ0n) is 13.9. The third kappa shape index (κ3) is 5.35. The minimum atomic E-state index is -2.56. The molecule has 2 aromatic rings. The van der Waals surface area contributed by atoms with Crippen LogP contribution in [0.2, 0.25) is 0 Å². The van der Waals surface area contributed by atoms with Crippen molar-refractivity contribution in [2.24, 2.45) is 0 Å². The fourth-order valence-corrected chi connectivity index (χ4v) is 2.75. The highest BCUT2D eigenvalue weighted by Gasteiger charge is 2.15. The number of carbonyl (C=O) groups excluding carboxylic acids is 1. The third-order valence-electron chi connectivity index (χ3n) is 3.16. The summed E-state index contributed by atoms with van der Waals surface area (Å²) in [6.07, 6.45) is 0. The molecular formula is C18H19F2NO3S. The van der Waals surface area contributed by atoms with Crippen LogP contribution in [0.5, 0.6) is 11.5 Å². The predicted molar refractivity (Wildman–Crippen MR) is 95.0 cm³/mol. The molecule has 7 heteroatoms. The van der Waals surface area contributed by atoms with Gasteiger partial charge >= 0.3 is 0 Å². The van der Waals surface area contributed by atoms with Gasteiger partial charge in [0.1, 0.15) is 0 Å². The first-order valence-electron chi connectivity index (χ1n) is 7.80. The summed E-state index contributed by atoms with van der Waals surface area (Å²) in [4.78, 5) is 12.8. The zero-order chi connectivity index (χ0) is 18.2. The molecule has 0 atom stereocenters. The van der Waals surface area contributed by atoms with Crippen LogP contribution in [0.25, 0.3) is 0 Å². The molecule has 0 spiro atoms. The van der Waals surface area contributed by atoms with Crippen LogP contribution < -0.4 is 14.8 Å². The van der Waals surface area contributed by atoms with Gasteiger partial charge in [-0.25, -0.2) is 0 Å². The molecule has 134 valence electrons. The van der Waals surface area contributed by atoms with Crippen molar-refractivity contribution in [1.82, 2.24) is 0 Å². The number of hydrogen-bond donors (Lipinski definition) is 1. The summed E-state index contributed by atoms with van der Waals surface area (Å²) in [5.41, 5.74) is 0.688. The van der Waals surface area contributed by atoms with Crippen LogP contribution in [-0.4, -0.2) is 24.9 Å². The standard InChI is InChI=1S/C18H19F2NO3S/c1-3-23-14-10-9-12(11-15(14)24-4-2)17(22)21-13-7-5-6-8-16(13)25-18(19)20/h5-11,18H,3-4H2,1-2H3,(H,21,22). The van der Waals surface area contributed by atoms with Gasteiger partial charge in [0.15, 0.2) is 11.5 Å². The van der Waals surface area contributed by atoms with Crippen molar-refractivity contribution in [3.8, 4) is 11.5 Å². The van der Waals surface area contributed by atoms with Gasteiger partial charge in [0.2, 0.25) is 0 Å². The Hall–Kier alpha value is -2.28. The molecule has 0 saturated heterocycles.